The summed E-state index contributed by atoms with van der Waals surface area (Å²) in [6, 6.07) is 65.0. The molecule has 0 saturated heterocycles. The number of fused-ring (bicyclic) bond motifs is 6. The standard InChI is InChI=1S/C53H38N2/c1-3-12-36(13-4-1)41-25-30-52-47(34-41)48-35-42(37-14-5-2-6-15-37)26-31-53(48)54(52)45-27-22-38(23-28-45)40-24-29-50-44(32-40)33-43-17-8-10-20-49(43)55(50)51-21-11-18-39-16-7-9-19-46(39)51/h1,3-5,7-32,34-35H,2,6,33H2. The van der Waals surface area contributed by atoms with Crippen LogP contribution in [-0.4, -0.2) is 4.57 Å². The van der Waals surface area contributed by atoms with Crippen LogP contribution in [0.15, 0.2) is 194 Å². The summed E-state index contributed by atoms with van der Waals surface area (Å²) in [5.41, 5.74) is 17.5. The number of benzene rings is 8. The summed E-state index contributed by atoms with van der Waals surface area (Å²) in [6.45, 7) is 0. The molecule has 0 fully saturated rings. The Morgan fingerprint density at radius 2 is 1.04 bits per heavy atom. The largest absolute Gasteiger partial charge is 0.309 e. The van der Waals surface area contributed by atoms with Gasteiger partial charge in [0.2, 0.25) is 0 Å². The molecule has 0 amide bonds. The molecule has 0 bridgehead atoms. The molecule has 2 aliphatic rings. The van der Waals surface area contributed by atoms with Crippen molar-refractivity contribution < 1.29 is 0 Å². The lowest BCUT2D eigenvalue weighted by Crippen LogP contribution is -2.18. The second-order valence-electron chi connectivity index (χ2n) is 14.8. The molecule has 0 radical (unpaired) electrons. The van der Waals surface area contributed by atoms with Crippen molar-refractivity contribution in [3.05, 3.63) is 211 Å². The number of nitrogens with zero attached hydrogens (tertiary/aromatic N) is 2. The summed E-state index contributed by atoms with van der Waals surface area (Å²) in [7, 11) is 0. The van der Waals surface area contributed by atoms with E-state index >= 15 is 0 Å². The van der Waals surface area contributed by atoms with Gasteiger partial charge in [0.1, 0.15) is 0 Å². The average molecular weight is 703 g/mol. The maximum Gasteiger partial charge on any atom is 0.0541 e. The van der Waals surface area contributed by atoms with Crippen LogP contribution >= 0.6 is 0 Å². The maximum atomic E-state index is 2.46. The zero-order valence-electron chi connectivity index (χ0n) is 30.5. The fourth-order valence-corrected chi connectivity index (χ4v) is 8.92. The monoisotopic (exact) mass is 702 g/mol. The van der Waals surface area contributed by atoms with Crippen LogP contribution in [0.5, 0.6) is 0 Å². The first-order chi connectivity index (χ1) is 27.3. The van der Waals surface area contributed by atoms with Gasteiger partial charge in [-0.1, -0.05) is 133 Å². The molecule has 0 N–H and O–H groups in total. The number of rotatable bonds is 5. The summed E-state index contributed by atoms with van der Waals surface area (Å²) >= 11 is 0. The number of allylic oxidation sites excluding steroid dienone is 4. The summed E-state index contributed by atoms with van der Waals surface area (Å²) in [4.78, 5) is 2.46. The van der Waals surface area contributed by atoms with E-state index in [0.717, 1.165) is 24.9 Å². The first-order valence-electron chi connectivity index (χ1n) is 19.4. The fourth-order valence-electron chi connectivity index (χ4n) is 8.92. The topological polar surface area (TPSA) is 8.17 Å². The Morgan fingerprint density at radius 3 is 1.87 bits per heavy atom. The lowest BCUT2D eigenvalue weighted by Gasteiger charge is -2.34. The van der Waals surface area contributed by atoms with Gasteiger partial charge >= 0.3 is 0 Å². The minimum Gasteiger partial charge on any atom is -0.309 e. The van der Waals surface area contributed by atoms with Crippen molar-refractivity contribution >= 4 is 55.2 Å². The predicted molar refractivity (Wildman–Crippen MR) is 233 cm³/mol. The molecule has 1 aromatic heterocycles. The summed E-state index contributed by atoms with van der Waals surface area (Å²) in [5, 5.41) is 5.06. The summed E-state index contributed by atoms with van der Waals surface area (Å²) in [6.07, 6.45) is 10.0. The Hall–Kier alpha value is -6.90. The molecule has 2 heteroatoms. The Balaban J connectivity index is 1.00. The number of anilines is 3. The van der Waals surface area contributed by atoms with Gasteiger partial charge in [-0.15, -0.1) is 0 Å². The third-order valence-electron chi connectivity index (χ3n) is 11.6. The first-order valence-corrected chi connectivity index (χ1v) is 19.4. The van der Waals surface area contributed by atoms with Gasteiger partial charge in [0, 0.05) is 39.6 Å². The van der Waals surface area contributed by atoms with Crippen molar-refractivity contribution in [2.24, 2.45) is 0 Å². The highest BCUT2D eigenvalue weighted by Gasteiger charge is 2.25. The van der Waals surface area contributed by atoms with Gasteiger partial charge in [-0.3, -0.25) is 0 Å². The van der Waals surface area contributed by atoms with Crippen LogP contribution in [-0.2, 0) is 6.42 Å². The minimum atomic E-state index is 0.902. The van der Waals surface area contributed by atoms with Crippen LogP contribution in [0, 0.1) is 0 Å². The number of hydrogen-bond donors (Lipinski definition) is 0. The second-order valence-corrected chi connectivity index (χ2v) is 14.8. The van der Waals surface area contributed by atoms with E-state index in [9.17, 15) is 0 Å². The molecule has 0 saturated carbocycles. The Bertz CT molecular complexity index is 2990. The molecule has 1 aliphatic carbocycles. The molecule has 0 spiro atoms. The number of aromatic nitrogens is 1. The lowest BCUT2D eigenvalue weighted by molar-refractivity contribution is 1.04. The molecular weight excluding hydrogens is 665 g/mol. The third kappa shape index (κ3) is 5.33. The van der Waals surface area contributed by atoms with Crippen molar-refractivity contribution in [3.8, 4) is 27.9 Å². The van der Waals surface area contributed by atoms with Crippen LogP contribution in [0.25, 0.3) is 66.1 Å². The van der Waals surface area contributed by atoms with Crippen molar-refractivity contribution in [3.63, 3.8) is 0 Å². The molecule has 2 nitrogen and oxygen atoms in total. The van der Waals surface area contributed by atoms with Crippen LogP contribution < -0.4 is 4.90 Å². The van der Waals surface area contributed by atoms with E-state index in [1.165, 1.54) is 94.2 Å². The molecule has 260 valence electrons. The molecule has 8 aromatic carbocycles. The van der Waals surface area contributed by atoms with E-state index in [1.54, 1.807) is 0 Å². The fraction of sp³-hybridized carbons (Fsp3) is 0.0566. The summed E-state index contributed by atoms with van der Waals surface area (Å²) < 4.78 is 2.43. The highest BCUT2D eigenvalue weighted by molar-refractivity contribution is 6.11. The molecule has 1 aliphatic heterocycles. The zero-order chi connectivity index (χ0) is 36.3. The van der Waals surface area contributed by atoms with Gasteiger partial charge in [-0.05, 0) is 123 Å². The van der Waals surface area contributed by atoms with E-state index in [-0.39, 0.29) is 0 Å². The van der Waals surface area contributed by atoms with E-state index in [1.807, 2.05) is 0 Å². The molecule has 9 aromatic rings. The van der Waals surface area contributed by atoms with Crippen LogP contribution in [0.4, 0.5) is 17.1 Å². The van der Waals surface area contributed by atoms with Gasteiger partial charge in [0.25, 0.3) is 0 Å². The number of hydrogen-bond acceptors (Lipinski definition) is 1. The normalized spacial score (nSPS) is 13.6. The SMILES string of the molecule is C1=CC(c2ccc3c(c2)c2cc(-c4ccccc4)ccc2n3-c2ccc(-c3ccc4c(c3)Cc3ccccc3N4c3cccc4ccccc34)cc2)=CCC1. The van der Waals surface area contributed by atoms with Gasteiger partial charge < -0.3 is 9.47 Å². The minimum absolute atomic E-state index is 0.902. The quantitative estimate of drug-likeness (QED) is 0.173. The highest BCUT2D eigenvalue weighted by Crippen LogP contribution is 2.47. The van der Waals surface area contributed by atoms with Crippen LogP contribution in [0.3, 0.4) is 0 Å². The van der Waals surface area contributed by atoms with E-state index in [0.29, 0.717) is 0 Å². The van der Waals surface area contributed by atoms with E-state index < -0.39 is 0 Å². The van der Waals surface area contributed by atoms with Crippen molar-refractivity contribution in [1.29, 1.82) is 0 Å². The smallest absolute Gasteiger partial charge is 0.0541 e. The predicted octanol–water partition coefficient (Wildman–Crippen LogP) is 14.4. The Kier molecular flexibility index (Phi) is 7.41. The first kappa shape index (κ1) is 31.6. The van der Waals surface area contributed by atoms with Crippen molar-refractivity contribution in [2.45, 2.75) is 19.3 Å². The molecule has 11 rings (SSSR count). The molecule has 0 atom stereocenters. The number of para-hydroxylation sites is 1. The molecule has 55 heavy (non-hydrogen) atoms. The lowest BCUT2D eigenvalue weighted by atomic mass is 9.91. The second kappa shape index (κ2) is 12.9. The van der Waals surface area contributed by atoms with Crippen molar-refractivity contribution in [2.75, 3.05) is 4.90 Å². The zero-order valence-corrected chi connectivity index (χ0v) is 30.5. The van der Waals surface area contributed by atoms with Gasteiger partial charge in [0.05, 0.1) is 16.7 Å². The van der Waals surface area contributed by atoms with Crippen molar-refractivity contribution in [1.82, 2.24) is 4.57 Å². The van der Waals surface area contributed by atoms with Gasteiger partial charge in [-0.2, -0.15) is 0 Å². The van der Waals surface area contributed by atoms with Crippen LogP contribution in [0.1, 0.15) is 29.5 Å². The van der Waals surface area contributed by atoms with Gasteiger partial charge in [0.15, 0.2) is 0 Å². The maximum absolute atomic E-state index is 2.46. The average Bonchev–Trinajstić information content (AvgIpc) is 3.59. The molecular formula is C53H38N2. The van der Waals surface area contributed by atoms with Crippen LogP contribution in [0.2, 0.25) is 0 Å². The van der Waals surface area contributed by atoms with Gasteiger partial charge in [-0.25, -0.2) is 0 Å². The Labute approximate surface area is 321 Å². The summed E-state index contributed by atoms with van der Waals surface area (Å²) in [5.74, 6) is 0. The third-order valence-corrected chi connectivity index (χ3v) is 11.6. The Morgan fingerprint density at radius 1 is 0.400 bits per heavy atom. The highest BCUT2D eigenvalue weighted by atomic mass is 15.2. The van der Waals surface area contributed by atoms with E-state index in [2.05, 4.69) is 204 Å². The van der Waals surface area contributed by atoms with E-state index in [4.69, 9.17) is 0 Å². The molecule has 2 heterocycles. The molecule has 0 unspecified atom stereocenters.